The van der Waals surface area contributed by atoms with Crippen LogP contribution in [0.3, 0.4) is 0 Å². The molecule has 2 aromatic rings. The van der Waals surface area contributed by atoms with E-state index in [1.807, 2.05) is 14.0 Å². The third-order valence-corrected chi connectivity index (χ3v) is 2.89. The van der Waals surface area contributed by atoms with Crippen molar-refractivity contribution in [2.24, 2.45) is 0 Å². The Balaban J connectivity index is 2.36. The number of rotatable bonds is 4. The first kappa shape index (κ1) is 12.7. The van der Waals surface area contributed by atoms with Gasteiger partial charge in [0.15, 0.2) is 5.82 Å². The van der Waals surface area contributed by atoms with Gasteiger partial charge in [-0.3, -0.25) is 0 Å². The molecular formula is C13H15F2N3. The Labute approximate surface area is 104 Å². The largest absolute Gasteiger partial charge is 0.319 e. The van der Waals surface area contributed by atoms with Crippen molar-refractivity contribution >= 4 is 0 Å². The predicted molar refractivity (Wildman–Crippen MR) is 65.8 cm³/mol. The molecule has 0 amide bonds. The second-order valence-electron chi connectivity index (χ2n) is 4.12. The van der Waals surface area contributed by atoms with E-state index >= 15 is 0 Å². The second kappa shape index (κ2) is 5.27. The van der Waals surface area contributed by atoms with Gasteiger partial charge in [0.25, 0.3) is 0 Å². The van der Waals surface area contributed by atoms with Crippen LogP contribution >= 0.6 is 0 Å². The van der Waals surface area contributed by atoms with Crippen LogP contribution in [-0.2, 0) is 6.42 Å². The molecule has 0 saturated heterocycles. The Kier molecular flexibility index (Phi) is 3.72. The molecule has 0 unspecified atom stereocenters. The van der Waals surface area contributed by atoms with Gasteiger partial charge in [0.05, 0.1) is 6.20 Å². The third kappa shape index (κ3) is 2.41. The van der Waals surface area contributed by atoms with Gasteiger partial charge in [-0.15, -0.1) is 0 Å². The molecule has 0 radical (unpaired) electrons. The molecular weight excluding hydrogens is 236 g/mol. The highest BCUT2D eigenvalue weighted by atomic mass is 19.1. The minimum absolute atomic E-state index is 0.268. The van der Waals surface area contributed by atoms with Gasteiger partial charge in [-0.25, -0.2) is 13.5 Å². The fourth-order valence-electron chi connectivity index (χ4n) is 1.84. The molecule has 18 heavy (non-hydrogen) atoms. The molecule has 5 heteroatoms. The third-order valence-electron chi connectivity index (χ3n) is 2.89. The summed E-state index contributed by atoms with van der Waals surface area (Å²) in [6.45, 7) is 2.71. The zero-order valence-corrected chi connectivity index (χ0v) is 10.4. The van der Waals surface area contributed by atoms with Crippen molar-refractivity contribution in [3.05, 3.63) is 47.3 Å². The number of hydrogen-bond acceptors (Lipinski definition) is 2. The first-order chi connectivity index (χ1) is 8.63. The van der Waals surface area contributed by atoms with Crippen LogP contribution < -0.4 is 5.32 Å². The number of halogens is 2. The van der Waals surface area contributed by atoms with Crippen molar-refractivity contribution in [2.45, 2.75) is 13.3 Å². The van der Waals surface area contributed by atoms with E-state index in [4.69, 9.17) is 0 Å². The molecule has 0 aliphatic rings. The fourth-order valence-corrected chi connectivity index (χ4v) is 1.84. The molecule has 0 aliphatic heterocycles. The number of hydrogen-bond donors (Lipinski definition) is 1. The van der Waals surface area contributed by atoms with Crippen LogP contribution in [-0.4, -0.2) is 23.4 Å². The van der Waals surface area contributed by atoms with Crippen LogP contribution in [0.2, 0.25) is 0 Å². The number of nitrogens with zero attached hydrogens (tertiary/aromatic N) is 2. The van der Waals surface area contributed by atoms with E-state index in [0.29, 0.717) is 0 Å². The molecule has 0 aliphatic carbocycles. The number of nitrogens with one attached hydrogen (secondary N) is 1. The Morgan fingerprint density at radius 3 is 2.78 bits per heavy atom. The second-order valence-corrected chi connectivity index (χ2v) is 4.12. The molecule has 1 N–H and O–H groups in total. The lowest BCUT2D eigenvalue weighted by Crippen LogP contribution is -2.11. The van der Waals surface area contributed by atoms with Gasteiger partial charge in [0.2, 0.25) is 0 Å². The summed E-state index contributed by atoms with van der Waals surface area (Å²) >= 11 is 0. The van der Waals surface area contributed by atoms with E-state index in [1.54, 1.807) is 6.20 Å². The van der Waals surface area contributed by atoms with Gasteiger partial charge in [-0.1, -0.05) is 0 Å². The topological polar surface area (TPSA) is 29.9 Å². The quantitative estimate of drug-likeness (QED) is 0.903. The summed E-state index contributed by atoms with van der Waals surface area (Å²) in [5.74, 6) is -1.20. The summed E-state index contributed by atoms with van der Waals surface area (Å²) in [5, 5.41) is 7.21. The summed E-state index contributed by atoms with van der Waals surface area (Å²) < 4.78 is 28.0. The van der Waals surface area contributed by atoms with Crippen LogP contribution in [0.4, 0.5) is 8.78 Å². The highest BCUT2D eigenvalue weighted by Crippen LogP contribution is 2.18. The lowest BCUT2D eigenvalue weighted by molar-refractivity contribution is 0.572. The van der Waals surface area contributed by atoms with Gasteiger partial charge in [0, 0.05) is 11.8 Å². The van der Waals surface area contributed by atoms with Crippen molar-refractivity contribution in [1.29, 1.82) is 0 Å². The Morgan fingerprint density at radius 2 is 2.11 bits per heavy atom. The summed E-state index contributed by atoms with van der Waals surface area (Å²) in [5.41, 5.74) is 2.19. The lowest BCUT2D eigenvalue weighted by atomic mass is 10.2. The fraction of sp³-hybridized carbons (Fsp3) is 0.308. The van der Waals surface area contributed by atoms with Crippen molar-refractivity contribution in [1.82, 2.24) is 15.1 Å². The first-order valence-electron chi connectivity index (χ1n) is 5.77. The summed E-state index contributed by atoms with van der Waals surface area (Å²) in [6, 6.07) is 3.49. The molecule has 0 spiro atoms. The Bertz CT molecular complexity index is 549. The minimum atomic E-state index is -0.610. The molecule has 1 heterocycles. The summed E-state index contributed by atoms with van der Waals surface area (Å²) in [6.07, 6.45) is 2.54. The predicted octanol–water partition coefficient (Wildman–Crippen LogP) is 2.22. The average molecular weight is 251 g/mol. The van der Waals surface area contributed by atoms with E-state index in [-0.39, 0.29) is 5.69 Å². The number of likely N-dealkylation sites (N-methyl/N-ethyl adjacent to an activating group) is 1. The van der Waals surface area contributed by atoms with Crippen LogP contribution in [0.5, 0.6) is 0 Å². The van der Waals surface area contributed by atoms with Gasteiger partial charge in [0.1, 0.15) is 11.5 Å². The molecule has 3 nitrogen and oxygen atoms in total. The van der Waals surface area contributed by atoms with Crippen LogP contribution in [0.15, 0.2) is 24.4 Å². The molecule has 1 aromatic carbocycles. The monoisotopic (exact) mass is 251 g/mol. The summed E-state index contributed by atoms with van der Waals surface area (Å²) in [7, 11) is 1.87. The van der Waals surface area contributed by atoms with Crippen molar-refractivity contribution in [2.75, 3.05) is 13.6 Å². The number of benzene rings is 1. The molecule has 1 aromatic heterocycles. The maximum atomic E-state index is 13.7. The molecule has 0 bridgehead atoms. The highest BCUT2D eigenvalue weighted by Gasteiger charge is 2.11. The van der Waals surface area contributed by atoms with Crippen LogP contribution in [0.1, 0.15) is 11.3 Å². The SMILES string of the molecule is CNCCc1cnn(-c2ccc(F)cc2F)c1C. The maximum absolute atomic E-state index is 13.7. The lowest BCUT2D eigenvalue weighted by Gasteiger charge is -2.07. The molecule has 0 fully saturated rings. The van der Waals surface area contributed by atoms with Gasteiger partial charge in [-0.05, 0) is 44.6 Å². The number of aromatic nitrogens is 2. The maximum Gasteiger partial charge on any atom is 0.151 e. The van der Waals surface area contributed by atoms with Crippen molar-refractivity contribution < 1.29 is 8.78 Å². The van der Waals surface area contributed by atoms with Crippen LogP contribution in [0, 0.1) is 18.6 Å². The first-order valence-corrected chi connectivity index (χ1v) is 5.77. The standard InChI is InChI=1S/C13H15F2N3/c1-9-10(5-6-16-2)8-17-18(9)13-4-3-11(14)7-12(13)15/h3-4,7-8,16H,5-6H2,1-2H3. The minimum Gasteiger partial charge on any atom is -0.319 e. The van der Waals surface area contributed by atoms with Crippen molar-refractivity contribution in [3.8, 4) is 5.69 Å². The highest BCUT2D eigenvalue weighted by molar-refractivity contribution is 5.36. The molecule has 0 atom stereocenters. The van der Waals surface area contributed by atoms with Crippen LogP contribution in [0.25, 0.3) is 5.69 Å². The normalized spacial score (nSPS) is 10.9. The Morgan fingerprint density at radius 1 is 1.33 bits per heavy atom. The van der Waals surface area contributed by atoms with E-state index in [9.17, 15) is 8.78 Å². The van der Waals surface area contributed by atoms with Gasteiger partial charge in [-0.2, -0.15) is 5.10 Å². The average Bonchev–Trinajstić information content (AvgIpc) is 2.68. The van der Waals surface area contributed by atoms with Gasteiger partial charge >= 0.3 is 0 Å². The smallest absolute Gasteiger partial charge is 0.151 e. The summed E-state index contributed by atoms with van der Waals surface area (Å²) in [4.78, 5) is 0. The van der Waals surface area contributed by atoms with E-state index < -0.39 is 11.6 Å². The van der Waals surface area contributed by atoms with E-state index in [1.165, 1.54) is 16.8 Å². The van der Waals surface area contributed by atoms with E-state index in [0.717, 1.165) is 30.3 Å². The zero-order valence-electron chi connectivity index (χ0n) is 10.4. The Hall–Kier alpha value is -1.75. The zero-order chi connectivity index (χ0) is 13.1. The molecule has 2 rings (SSSR count). The molecule has 0 saturated carbocycles. The molecule has 96 valence electrons. The van der Waals surface area contributed by atoms with Crippen molar-refractivity contribution in [3.63, 3.8) is 0 Å². The van der Waals surface area contributed by atoms with Gasteiger partial charge < -0.3 is 5.32 Å². The van der Waals surface area contributed by atoms with E-state index in [2.05, 4.69) is 10.4 Å².